The zero-order valence-electron chi connectivity index (χ0n) is 22.0. The molecule has 3 N–H and O–H groups in total. The number of carbonyl (C=O) groups is 2. The summed E-state index contributed by atoms with van der Waals surface area (Å²) in [6.07, 6.45) is 1.42. The minimum Gasteiger partial charge on any atom is -0.441 e. The van der Waals surface area contributed by atoms with Gasteiger partial charge in [0, 0.05) is 25.0 Å². The van der Waals surface area contributed by atoms with Gasteiger partial charge in [-0.2, -0.15) is 5.26 Å². The first-order valence-electron chi connectivity index (χ1n) is 12.7. The normalized spacial score (nSPS) is 22.9. The number of nitrogens with one attached hydrogen (secondary N) is 1. The van der Waals surface area contributed by atoms with E-state index < -0.39 is 48.7 Å². The molecule has 38 heavy (non-hydrogen) atoms. The molecule has 0 aromatic heterocycles. The van der Waals surface area contributed by atoms with Gasteiger partial charge in [0.15, 0.2) is 0 Å². The summed E-state index contributed by atoms with van der Waals surface area (Å²) in [5.74, 6) is -4.38. The first kappa shape index (κ1) is 29.5. The molecule has 2 fully saturated rings. The number of piperidine rings is 1. The molecule has 206 valence electrons. The first-order chi connectivity index (χ1) is 17.7. The standard InChI is InChI=1S/C26H35BF2N4O5/c1-24(2,33-13-11-26(28,29)18-33)15-20(16-30)22(34)32-12-7-10-25(3,17-32)38-23(35)31-21(27(36)37)14-19-8-5-4-6-9-19/h4-6,8-9,15,21,36-37H,7,10-14,17-18H2,1-3H3,(H,31,35)/t21?,25-/m1/s1. The van der Waals surface area contributed by atoms with Gasteiger partial charge >= 0.3 is 13.2 Å². The molecular weight excluding hydrogens is 497 g/mol. The van der Waals surface area contributed by atoms with Crippen molar-refractivity contribution in [3.8, 4) is 6.07 Å². The molecule has 0 bridgehead atoms. The molecule has 1 unspecified atom stereocenters. The van der Waals surface area contributed by atoms with Gasteiger partial charge < -0.3 is 25.0 Å². The highest BCUT2D eigenvalue weighted by Gasteiger charge is 2.44. The zero-order valence-corrected chi connectivity index (χ0v) is 22.0. The Morgan fingerprint density at radius 2 is 1.92 bits per heavy atom. The fraction of sp³-hybridized carbons (Fsp3) is 0.577. The van der Waals surface area contributed by atoms with E-state index in [1.165, 1.54) is 11.0 Å². The van der Waals surface area contributed by atoms with Crippen molar-refractivity contribution >= 4 is 19.1 Å². The summed E-state index contributed by atoms with van der Waals surface area (Å²) < 4.78 is 33.1. The third kappa shape index (κ3) is 7.76. The van der Waals surface area contributed by atoms with Crippen LogP contribution in [0.2, 0.25) is 0 Å². The monoisotopic (exact) mass is 532 g/mol. The van der Waals surface area contributed by atoms with Crippen LogP contribution in [0, 0.1) is 11.3 Å². The predicted molar refractivity (Wildman–Crippen MR) is 137 cm³/mol. The molecule has 12 heteroatoms. The summed E-state index contributed by atoms with van der Waals surface area (Å²) in [5, 5.41) is 31.7. The highest BCUT2D eigenvalue weighted by Crippen LogP contribution is 2.33. The van der Waals surface area contributed by atoms with Crippen LogP contribution >= 0.6 is 0 Å². The van der Waals surface area contributed by atoms with Crippen LogP contribution in [0.5, 0.6) is 0 Å². The van der Waals surface area contributed by atoms with Crippen molar-refractivity contribution in [2.24, 2.45) is 0 Å². The fourth-order valence-electron chi connectivity index (χ4n) is 4.95. The number of ether oxygens (including phenoxy) is 1. The molecule has 2 atom stereocenters. The molecule has 3 rings (SSSR count). The van der Waals surface area contributed by atoms with Crippen LogP contribution < -0.4 is 5.32 Å². The van der Waals surface area contributed by atoms with Crippen molar-refractivity contribution in [2.75, 3.05) is 26.2 Å². The van der Waals surface area contributed by atoms with Gasteiger partial charge in [0.05, 0.1) is 19.0 Å². The number of likely N-dealkylation sites (tertiary alicyclic amines) is 2. The Labute approximate surface area is 222 Å². The number of hydrogen-bond donors (Lipinski definition) is 3. The Balaban J connectivity index is 1.65. The maximum Gasteiger partial charge on any atom is 0.475 e. The van der Waals surface area contributed by atoms with Crippen LogP contribution in [0.15, 0.2) is 42.0 Å². The SMILES string of the molecule is CC(C)(C=C(C#N)C(=O)N1CCC[C@@](C)(OC(=O)NC(Cc2ccccc2)B(O)O)C1)N1CCC(F)(F)C1. The summed E-state index contributed by atoms with van der Waals surface area (Å²) in [7, 11) is -1.82. The molecule has 0 aliphatic carbocycles. The number of carbonyl (C=O) groups excluding carboxylic acids is 2. The Morgan fingerprint density at radius 1 is 1.24 bits per heavy atom. The third-order valence-corrected chi connectivity index (χ3v) is 7.08. The molecule has 1 aromatic rings. The number of halogens is 2. The van der Waals surface area contributed by atoms with Gasteiger partial charge in [-0.15, -0.1) is 0 Å². The predicted octanol–water partition coefficient (Wildman–Crippen LogP) is 2.29. The summed E-state index contributed by atoms with van der Waals surface area (Å²) >= 11 is 0. The number of amides is 2. The molecule has 2 heterocycles. The van der Waals surface area contributed by atoms with E-state index >= 15 is 0 Å². The zero-order chi connectivity index (χ0) is 28.1. The molecule has 2 aliphatic rings. The molecule has 0 radical (unpaired) electrons. The van der Waals surface area contributed by atoms with Crippen LogP contribution in [0.3, 0.4) is 0 Å². The van der Waals surface area contributed by atoms with Crippen molar-refractivity contribution in [2.45, 2.75) is 69.5 Å². The second kappa shape index (κ2) is 11.8. The van der Waals surface area contributed by atoms with Gasteiger partial charge in [0.25, 0.3) is 11.8 Å². The van der Waals surface area contributed by atoms with E-state index in [1.54, 1.807) is 49.9 Å². The molecule has 0 saturated carbocycles. The van der Waals surface area contributed by atoms with Crippen LogP contribution in [0.25, 0.3) is 0 Å². The Morgan fingerprint density at radius 3 is 2.50 bits per heavy atom. The first-order valence-corrected chi connectivity index (χ1v) is 12.7. The van der Waals surface area contributed by atoms with E-state index in [9.17, 15) is 33.7 Å². The molecular formula is C26H35BF2N4O5. The summed E-state index contributed by atoms with van der Waals surface area (Å²) in [6, 6.07) is 10.9. The smallest absolute Gasteiger partial charge is 0.441 e. The van der Waals surface area contributed by atoms with Gasteiger partial charge in [-0.05, 0) is 51.7 Å². The highest BCUT2D eigenvalue weighted by molar-refractivity contribution is 6.43. The van der Waals surface area contributed by atoms with E-state index in [0.29, 0.717) is 19.4 Å². The molecule has 2 amide bonds. The lowest BCUT2D eigenvalue weighted by Crippen LogP contribution is -2.54. The van der Waals surface area contributed by atoms with Crippen molar-refractivity contribution in [3.63, 3.8) is 0 Å². The molecule has 2 saturated heterocycles. The number of benzene rings is 1. The van der Waals surface area contributed by atoms with E-state index in [0.717, 1.165) is 5.56 Å². The van der Waals surface area contributed by atoms with Crippen molar-refractivity contribution in [1.29, 1.82) is 5.26 Å². The van der Waals surface area contributed by atoms with Crippen LogP contribution in [-0.2, 0) is 16.0 Å². The number of hydrogen-bond acceptors (Lipinski definition) is 7. The van der Waals surface area contributed by atoms with Crippen molar-refractivity contribution in [3.05, 3.63) is 47.5 Å². The van der Waals surface area contributed by atoms with Crippen LogP contribution in [0.4, 0.5) is 13.6 Å². The largest absolute Gasteiger partial charge is 0.475 e. The minimum absolute atomic E-state index is 0.0194. The molecule has 2 aliphatic heterocycles. The van der Waals surface area contributed by atoms with Gasteiger partial charge in [-0.1, -0.05) is 30.3 Å². The number of alkyl carbamates (subject to hydrolysis) is 1. The number of nitriles is 1. The second-order valence-corrected chi connectivity index (χ2v) is 10.9. The van der Waals surface area contributed by atoms with E-state index in [2.05, 4.69) is 5.32 Å². The lowest BCUT2D eigenvalue weighted by atomic mass is 9.76. The Hall–Kier alpha value is -3.01. The summed E-state index contributed by atoms with van der Waals surface area (Å²) in [6.45, 7) is 5.12. The number of alkyl halides is 2. The van der Waals surface area contributed by atoms with Gasteiger partial charge in [0.2, 0.25) is 0 Å². The molecule has 0 spiro atoms. The number of nitrogens with zero attached hydrogens (tertiary/aromatic N) is 3. The molecule has 9 nitrogen and oxygen atoms in total. The number of rotatable bonds is 8. The van der Waals surface area contributed by atoms with Gasteiger partial charge in [-0.25, -0.2) is 13.6 Å². The van der Waals surface area contributed by atoms with Crippen molar-refractivity contribution in [1.82, 2.24) is 15.1 Å². The van der Waals surface area contributed by atoms with Gasteiger partial charge in [-0.3, -0.25) is 9.69 Å². The van der Waals surface area contributed by atoms with E-state index in [4.69, 9.17) is 4.74 Å². The van der Waals surface area contributed by atoms with Crippen LogP contribution in [0.1, 0.15) is 45.6 Å². The second-order valence-electron chi connectivity index (χ2n) is 10.9. The average molecular weight is 532 g/mol. The van der Waals surface area contributed by atoms with E-state index in [1.807, 2.05) is 12.1 Å². The third-order valence-electron chi connectivity index (χ3n) is 7.08. The quantitative estimate of drug-likeness (QED) is 0.267. The topological polar surface area (TPSA) is 126 Å². The lowest BCUT2D eigenvalue weighted by Gasteiger charge is -2.40. The van der Waals surface area contributed by atoms with E-state index in [-0.39, 0.29) is 31.5 Å². The molecule has 1 aromatic carbocycles. The Bertz CT molecular complexity index is 1080. The van der Waals surface area contributed by atoms with Crippen molar-refractivity contribution < 1.29 is 33.2 Å². The van der Waals surface area contributed by atoms with Crippen LogP contribution in [-0.4, -0.2) is 88.1 Å². The average Bonchev–Trinajstić information content (AvgIpc) is 3.22. The minimum atomic E-state index is -2.80. The Kier molecular flexibility index (Phi) is 9.18. The summed E-state index contributed by atoms with van der Waals surface area (Å²) in [5.41, 5.74) is -1.38. The fourth-order valence-corrected chi connectivity index (χ4v) is 4.95. The lowest BCUT2D eigenvalue weighted by molar-refractivity contribution is -0.133. The maximum absolute atomic E-state index is 13.7. The highest BCUT2D eigenvalue weighted by atomic mass is 19.3. The maximum atomic E-state index is 13.7. The summed E-state index contributed by atoms with van der Waals surface area (Å²) in [4.78, 5) is 28.9. The van der Waals surface area contributed by atoms with Gasteiger partial charge in [0.1, 0.15) is 17.2 Å².